The van der Waals surface area contributed by atoms with Crippen molar-refractivity contribution in [3.8, 4) is 0 Å². The molecular weight excluding hydrogens is 222 g/mol. The molecule has 0 aromatic carbocycles. The van der Waals surface area contributed by atoms with E-state index in [1.54, 1.807) is 18.7 Å². The van der Waals surface area contributed by atoms with Crippen LogP contribution in [0.5, 0.6) is 0 Å². The minimum absolute atomic E-state index is 0.0600. The number of aromatic nitrogens is 2. The minimum Gasteiger partial charge on any atom is -0.349 e. The maximum Gasteiger partial charge on any atom is 0.333 e. The summed E-state index contributed by atoms with van der Waals surface area (Å²) >= 11 is 0. The van der Waals surface area contributed by atoms with Gasteiger partial charge in [0.1, 0.15) is 5.69 Å². The van der Waals surface area contributed by atoms with Crippen molar-refractivity contribution in [3.05, 3.63) is 15.8 Å². The lowest BCUT2D eigenvalue weighted by molar-refractivity contribution is -0.384. The van der Waals surface area contributed by atoms with Gasteiger partial charge in [0.05, 0.1) is 4.92 Å². The molecule has 0 radical (unpaired) electrons. The fourth-order valence-electron chi connectivity index (χ4n) is 2.37. The van der Waals surface area contributed by atoms with Gasteiger partial charge in [-0.15, -0.1) is 0 Å². The Balaban J connectivity index is 2.42. The van der Waals surface area contributed by atoms with Crippen LogP contribution in [-0.4, -0.2) is 33.8 Å². The van der Waals surface area contributed by atoms with E-state index < -0.39 is 0 Å². The van der Waals surface area contributed by atoms with Crippen molar-refractivity contribution >= 4 is 11.5 Å². The van der Waals surface area contributed by atoms with Crippen molar-refractivity contribution < 1.29 is 4.92 Å². The Labute approximate surface area is 99.3 Å². The number of rotatable bonds is 2. The van der Waals surface area contributed by atoms with Gasteiger partial charge >= 0.3 is 5.69 Å². The number of anilines is 1. The molecule has 0 bridgehead atoms. The number of hydrogen-bond donors (Lipinski definition) is 1. The maximum absolute atomic E-state index is 11.1. The second-order valence-electron chi connectivity index (χ2n) is 4.68. The molecule has 0 aliphatic carbocycles. The van der Waals surface area contributed by atoms with E-state index in [1.165, 1.54) is 0 Å². The standard InChI is InChI=1S/C10H17N5O2/c1-6-4-14(5-8(6)11)10-9(15(16)17)7(2)12-13(10)3/h6,8H,4-5,11H2,1-3H3. The Kier molecular flexibility index (Phi) is 2.78. The van der Waals surface area contributed by atoms with Crippen LogP contribution in [0.2, 0.25) is 0 Å². The molecular formula is C10H17N5O2. The number of nitrogens with zero attached hydrogens (tertiary/aromatic N) is 4. The monoisotopic (exact) mass is 239 g/mol. The zero-order valence-electron chi connectivity index (χ0n) is 10.3. The van der Waals surface area contributed by atoms with Gasteiger partial charge in [0, 0.05) is 26.2 Å². The minimum atomic E-state index is -0.369. The van der Waals surface area contributed by atoms with Gasteiger partial charge in [0.25, 0.3) is 0 Å². The van der Waals surface area contributed by atoms with E-state index in [-0.39, 0.29) is 16.7 Å². The van der Waals surface area contributed by atoms with Gasteiger partial charge in [0.15, 0.2) is 0 Å². The van der Waals surface area contributed by atoms with Crippen LogP contribution >= 0.6 is 0 Å². The zero-order chi connectivity index (χ0) is 12.7. The van der Waals surface area contributed by atoms with Gasteiger partial charge in [-0.3, -0.25) is 10.1 Å². The summed E-state index contributed by atoms with van der Waals surface area (Å²) in [5.74, 6) is 0.900. The first-order valence-corrected chi connectivity index (χ1v) is 5.60. The third-order valence-corrected chi connectivity index (χ3v) is 3.31. The molecule has 2 unspecified atom stereocenters. The van der Waals surface area contributed by atoms with Gasteiger partial charge in [-0.25, -0.2) is 4.68 Å². The van der Waals surface area contributed by atoms with Crippen LogP contribution in [0.15, 0.2) is 0 Å². The largest absolute Gasteiger partial charge is 0.349 e. The molecule has 0 amide bonds. The van der Waals surface area contributed by atoms with Crippen LogP contribution in [0.25, 0.3) is 0 Å². The second-order valence-corrected chi connectivity index (χ2v) is 4.68. The lowest BCUT2D eigenvalue weighted by Crippen LogP contribution is -2.29. The first kappa shape index (κ1) is 11.8. The van der Waals surface area contributed by atoms with Crippen LogP contribution in [0.1, 0.15) is 12.6 Å². The van der Waals surface area contributed by atoms with Crippen molar-refractivity contribution in [3.63, 3.8) is 0 Å². The van der Waals surface area contributed by atoms with E-state index in [9.17, 15) is 10.1 Å². The van der Waals surface area contributed by atoms with Crippen LogP contribution in [0, 0.1) is 23.0 Å². The van der Waals surface area contributed by atoms with E-state index in [0.29, 0.717) is 24.0 Å². The number of nitro groups is 1. The SMILES string of the molecule is Cc1nn(C)c(N2CC(C)C(N)C2)c1[N+](=O)[O-]. The first-order valence-electron chi connectivity index (χ1n) is 5.60. The molecule has 94 valence electrons. The number of hydrogen-bond acceptors (Lipinski definition) is 5. The first-order chi connectivity index (χ1) is 7.91. The highest BCUT2D eigenvalue weighted by molar-refractivity contribution is 5.62. The Morgan fingerprint density at radius 1 is 1.53 bits per heavy atom. The molecule has 2 atom stereocenters. The molecule has 0 spiro atoms. The summed E-state index contributed by atoms with van der Waals surface area (Å²) in [5.41, 5.74) is 6.48. The van der Waals surface area contributed by atoms with Crippen LogP contribution in [0.3, 0.4) is 0 Å². The number of aryl methyl sites for hydroxylation is 2. The van der Waals surface area contributed by atoms with Crippen LogP contribution in [-0.2, 0) is 7.05 Å². The van der Waals surface area contributed by atoms with Gasteiger partial charge in [0.2, 0.25) is 5.82 Å². The Hall–Kier alpha value is -1.63. The molecule has 2 heterocycles. The van der Waals surface area contributed by atoms with Crippen molar-refractivity contribution in [2.45, 2.75) is 19.9 Å². The summed E-state index contributed by atoms with van der Waals surface area (Å²) in [6, 6.07) is 0.0600. The Morgan fingerprint density at radius 3 is 2.65 bits per heavy atom. The van der Waals surface area contributed by atoms with Gasteiger partial charge < -0.3 is 10.6 Å². The van der Waals surface area contributed by atoms with E-state index in [4.69, 9.17) is 5.73 Å². The number of nitrogens with two attached hydrogens (primary N) is 1. The highest BCUT2D eigenvalue weighted by atomic mass is 16.6. The summed E-state index contributed by atoms with van der Waals surface area (Å²) in [4.78, 5) is 12.7. The molecule has 1 aromatic rings. The Bertz CT molecular complexity index is 446. The van der Waals surface area contributed by atoms with Crippen molar-refractivity contribution in [2.75, 3.05) is 18.0 Å². The smallest absolute Gasteiger partial charge is 0.333 e. The third-order valence-electron chi connectivity index (χ3n) is 3.31. The fourth-order valence-corrected chi connectivity index (χ4v) is 2.37. The third kappa shape index (κ3) is 1.86. The van der Waals surface area contributed by atoms with Gasteiger partial charge in [-0.05, 0) is 12.8 Å². The summed E-state index contributed by atoms with van der Waals surface area (Å²) in [5, 5.41) is 15.2. The summed E-state index contributed by atoms with van der Waals surface area (Å²) in [6.45, 7) is 5.09. The molecule has 7 heteroatoms. The normalized spacial score (nSPS) is 24.4. The van der Waals surface area contributed by atoms with Crippen LogP contribution < -0.4 is 10.6 Å². The summed E-state index contributed by atoms with van der Waals surface area (Å²) < 4.78 is 1.57. The molecule has 1 saturated heterocycles. The average molecular weight is 239 g/mol. The molecule has 0 saturated carbocycles. The fraction of sp³-hybridized carbons (Fsp3) is 0.700. The lowest BCUT2D eigenvalue weighted by Gasteiger charge is -2.16. The molecule has 2 N–H and O–H groups in total. The molecule has 1 aliphatic rings. The lowest BCUT2D eigenvalue weighted by atomic mass is 10.1. The topological polar surface area (TPSA) is 90.2 Å². The highest BCUT2D eigenvalue weighted by Gasteiger charge is 2.34. The predicted octanol–water partition coefficient (Wildman–Crippen LogP) is 0.420. The quantitative estimate of drug-likeness (QED) is 0.596. The van der Waals surface area contributed by atoms with E-state index in [2.05, 4.69) is 12.0 Å². The van der Waals surface area contributed by atoms with Crippen LogP contribution in [0.4, 0.5) is 11.5 Å². The molecule has 17 heavy (non-hydrogen) atoms. The summed E-state index contributed by atoms with van der Waals surface area (Å²) in [6.07, 6.45) is 0. The highest BCUT2D eigenvalue weighted by Crippen LogP contribution is 2.33. The van der Waals surface area contributed by atoms with E-state index in [0.717, 1.165) is 6.54 Å². The predicted molar refractivity (Wildman–Crippen MR) is 64.0 cm³/mol. The Morgan fingerprint density at radius 2 is 2.18 bits per heavy atom. The average Bonchev–Trinajstić information content (AvgIpc) is 2.68. The maximum atomic E-state index is 11.1. The molecule has 7 nitrogen and oxygen atoms in total. The van der Waals surface area contributed by atoms with Crippen molar-refractivity contribution in [1.29, 1.82) is 0 Å². The van der Waals surface area contributed by atoms with Gasteiger partial charge in [-0.1, -0.05) is 6.92 Å². The van der Waals surface area contributed by atoms with Gasteiger partial charge in [-0.2, -0.15) is 5.10 Å². The van der Waals surface area contributed by atoms with Crippen molar-refractivity contribution in [1.82, 2.24) is 9.78 Å². The summed E-state index contributed by atoms with van der Waals surface area (Å²) in [7, 11) is 1.73. The zero-order valence-corrected chi connectivity index (χ0v) is 10.3. The van der Waals surface area contributed by atoms with Crippen molar-refractivity contribution in [2.24, 2.45) is 18.7 Å². The molecule has 1 aromatic heterocycles. The van der Waals surface area contributed by atoms with E-state index >= 15 is 0 Å². The molecule has 1 aliphatic heterocycles. The molecule has 1 fully saturated rings. The van der Waals surface area contributed by atoms with E-state index in [1.807, 2.05) is 4.90 Å². The second kappa shape index (κ2) is 3.99. The molecule has 2 rings (SSSR count).